The van der Waals surface area contributed by atoms with Gasteiger partial charge in [-0.05, 0) is 0 Å². The first-order valence-electron chi connectivity index (χ1n) is 2.41. The van der Waals surface area contributed by atoms with Gasteiger partial charge in [0, 0.05) is 0 Å². The van der Waals surface area contributed by atoms with Gasteiger partial charge < -0.3 is 0 Å². The molecule has 0 saturated heterocycles. The summed E-state index contributed by atoms with van der Waals surface area (Å²) < 4.78 is 0. The Labute approximate surface area is 47.7 Å². The summed E-state index contributed by atoms with van der Waals surface area (Å²) in [6, 6.07) is 0. The summed E-state index contributed by atoms with van der Waals surface area (Å²) in [5, 5.41) is 2.97. The van der Waals surface area contributed by atoms with Crippen LogP contribution in [-0.2, 0) is 0 Å². The third-order valence-electron chi connectivity index (χ3n) is 0.707. The maximum Gasteiger partial charge on any atom is 0.236 e. The van der Waals surface area contributed by atoms with Gasteiger partial charge in [-0.2, -0.15) is 0 Å². The van der Waals surface area contributed by atoms with Crippen LogP contribution in [0.15, 0.2) is 0 Å². The fraction of sp³-hybridized carbons (Fsp3) is 0.800. The summed E-state index contributed by atoms with van der Waals surface area (Å²) in [6.45, 7) is 4.55. The Balaban J connectivity index is 0. The predicted molar refractivity (Wildman–Crippen MR) is 34.5 cm³/mol. The molecule has 1 radical (unpaired) electrons. The fourth-order valence-corrected chi connectivity index (χ4v) is 1.06. The average Bonchev–Trinajstić information content (AvgIpc) is 1.41. The van der Waals surface area contributed by atoms with E-state index in [9.17, 15) is 0 Å². The first kappa shape index (κ1) is 9.73. The summed E-state index contributed by atoms with van der Waals surface area (Å²) in [6.07, 6.45) is 0. The minimum Gasteiger partial charge on any atom is -0.100 e. The maximum atomic E-state index is 2.27. The number of rotatable bonds is 2. The summed E-state index contributed by atoms with van der Waals surface area (Å²) in [7, 11) is 0. The van der Waals surface area contributed by atoms with Gasteiger partial charge >= 0.3 is 0 Å². The highest BCUT2D eigenvalue weighted by atomic mass is 27.1. The van der Waals surface area contributed by atoms with Gasteiger partial charge in [-0.15, -0.1) is 10.6 Å². The van der Waals surface area contributed by atoms with E-state index in [1.807, 2.05) is 0 Å². The Morgan fingerprint density at radius 2 is 1.50 bits per heavy atom. The van der Waals surface area contributed by atoms with Crippen LogP contribution >= 0.6 is 0 Å². The Bertz CT molecular complexity index is 11.4. The zero-order valence-corrected chi connectivity index (χ0v) is 6.54. The van der Waals surface area contributed by atoms with Crippen LogP contribution < -0.4 is 0 Å². The van der Waals surface area contributed by atoms with Gasteiger partial charge in [-0.25, -0.2) is 0 Å². The van der Waals surface area contributed by atoms with Crippen molar-refractivity contribution in [3.8, 4) is 0 Å². The zero-order chi connectivity index (χ0) is 4.12. The van der Waals surface area contributed by atoms with Gasteiger partial charge in [-0.3, -0.25) is 0 Å². The Kier molecular flexibility index (Phi) is 14.8. The van der Waals surface area contributed by atoms with Crippen LogP contribution in [0.5, 0.6) is 0 Å². The van der Waals surface area contributed by atoms with Crippen molar-refractivity contribution < 1.29 is 0 Å². The molecule has 0 heterocycles. The highest BCUT2D eigenvalue weighted by Gasteiger charge is 1.76. The normalized spacial score (nSPS) is 6.33. The van der Waals surface area contributed by atoms with Crippen molar-refractivity contribution in [2.45, 2.75) is 24.4 Å². The average molecular weight is 101 g/mol. The van der Waals surface area contributed by atoms with Crippen molar-refractivity contribution in [2.24, 2.45) is 0 Å². The molecule has 37 valence electrons. The lowest BCUT2D eigenvalue weighted by atomic mass is 10.9. The van der Waals surface area contributed by atoms with Crippen LogP contribution in [0, 0.1) is 7.43 Å². The third-order valence-corrected chi connectivity index (χ3v) is 2.12. The molecule has 0 saturated carbocycles. The van der Waals surface area contributed by atoms with E-state index < -0.39 is 0 Å². The second kappa shape index (κ2) is 9.11. The standard InChI is InChI=1S/2C2H5.CH3.Al.H/c2*1-2;;;/h2*1H2,2H3;1H3;;. The number of hydrogen-bond acceptors (Lipinski definition) is 0. The van der Waals surface area contributed by atoms with E-state index >= 15 is 0 Å². The van der Waals surface area contributed by atoms with Crippen molar-refractivity contribution in [2.75, 3.05) is 0 Å². The van der Waals surface area contributed by atoms with Crippen LogP contribution in [0.25, 0.3) is 0 Å². The molecule has 0 aromatic carbocycles. The van der Waals surface area contributed by atoms with Gasteiger partial charge in [-0.1, -0.05) is 21.3 Å². The van der Waals surface area contributed by atoms with E-state index in [-0.39, 0.29) is 7.43 Å². The molecule has 0 aliphatic heterocycles. The van der Waals surface area contributed by atoms with Crippen molar-refractivity contribution in [1.29, 1.82) is 0 Å². The minimum absolute atomic E-state index is 0. The first-order valence-corrected chi connectivity index (χ1v) is 4.41. The number of hydrogen-bond donors (Lipinski definition) is 0. The van der Waals surface area contributed by atoms with Crippen molar-refractivity contribution in [3.05, 3.63) is 7.43 Å². The maximum absolute atomic E-state index is 2.27. The minimum atomic E-state index is 0. The third kappa shape index (κ3) is 8.82. The molecular weight excluding hydrogens is 87.0 g/mol. The van der Waals surface area contributed by atoms with Crippen molar-refractivity contribution in [3.63, 3.8) is 0 Å². The van der Waals surface area contributed by atoms with Crippen LogP contribution in [0.3, 0.4) is 0 Å². The van der Waals surface area contributed by atoms with Crippen molar-refractivity contribution in [1.82, 2.24) is 0 Å². The molecular formula is C5H14Al. The Morgan fingerprint density at radius 3 is 1.50 bits per heavy atom. The fourth-order valence-electron chi connectivity index (χ4n) is 0.354. The van der Waals surface area contributed by atoms with Crippen LogP contribution in [-0.4, -0.2) is 15.2 Å². The van der Waals surface area contributed by atoms with E-state index in [1.165, 1.54) is 10.6 Å². The molecule has 0 rings (SSSR count). The lowest BCUT2D eigenvalue weighted by Crippen LogP contribution is -1.76. The Hall–Kier alpha value is 0.532. The zero-order valence-electron chi connectivity index (χ0n) is 5.12. The van der Waals surface area contributed by atoms with Gasteiger partial charge in [0.1, 0.15) is 0 Å². The molecule has 0 spiro atoms. The molecule has 0 amide bonds. The van der Waals surface area contributed by atoms with Gasteiger partial charge in [0.25, 0.3) is 0 Å². The van der Waals surface area contributed by atoms with Crippen molar-refractivity contribution >= 4 is 15.2 Å². The highest BCUT2D eigenvalue weighted by Crippen LogP contribution is 1.77. The van der Waals surface area contributed by atoms with Gasteiger partial charge in [0.2, 0.25) is 15.2 Å². The largest absolute Gasteiger partial charge is 0.236 e. The van der Waals surface area contributed by atoms with E-state index in [4.69, 9.17) is 0 Å². The highest BCUT2D eigenvalue weighted by molar-refractivity contribution is 6.34. The van der Waals surface area contributed by atoms with E-state index in [2.05, 4.69) is 13.8 Å². The summed E-state index contributed by atoms with van der Waals surface area (Å²) in [5.41, 5.74) is 0. The first-order chi connectivity index (χ1) is 2.41. The lowest BCUT2D eigenvalue weighted by molar-refractivity contribution is 1.36. The molecule has 0 atom stereocenters. The second-order valence-electron chi connectivity index (χ2n) is 1.35. The SMILES string of the molecule is C[CH2][AlH][CH2]C.[CH3]. The quantitative estimate of drug-likeness (QED) is 0.465. The summed E-state index contributed by atoms with van der Waals surface area (Å²) >= 11 is 0.432. The molecule has 0 aliphatic rings. The molecule has 6 heavy (non-hydrogen) atoms. The second-order valence-corrected chi connectivity index (χ2v) is 4.06. The van der Waals surface area contributed by atoms with E-state index in [0.717, 1.165) is 0 Å². The molecule has 0 aromatic heterocycles. The molecule has 0 aliphatic carbocycles. The topological polar surface area (TPSA) is 0 Å². The predicted octanol–water partition coefficient (Wildman–Crippen LogP) is 1.75. The lowest BCUT2D eigenvalue weighted by Gasteiger charge is -1.73. The monoisotopic (exact) mass is 101 g/mol. The summed E-state index contributed by atoms with van der Waals surface area (Å²) in [4.78, 5) is 0. The van der Waals surface area contributed by atoms with Crippen LogP contribution in [0.2, 0.25) is 10.6 Å². The smallest absolute Gasteiger partial charge is 0.100 e. The molecule has 0 N–H and O–H groups in total. The van der Waals surface area contributed by atoms with Crippen LogP contribution in [0.4, 0.5) is 0 Å². The molecule has 0 bridgehead atoms. The van der Waals surface area contributed by atoms with E-state index in [0.29, 0.717) is 15.2 Å². The molecule has 0 nitrogen and oxygen atoms in total. The molecule has 0 unspecified atom stereocenters. The Morgan fingerprint density at radius 1 is 1.17 bits per heavy atom. The van der Waals surface area contributed by atoms with Gasteiger partial charge in [0.05, 0.1) is 0 Å². The molecule has 1 heteroatoms. The van der Waals surface area contributed by atoms with Crippen LogP contribution in [0.1, 0.15) is 13.8 Å². The summed E-state index contributed by atoms with van der Waals surface area (Å²) in [5.74, 6) is 0. The van der Waals surface area contributed by atoms with Gasteiger partial charge in [0.15, 0.2) is 0 Å². The molecule has 0 aromatic rings. The van der Waals surface area contributed by atoms with E-state index in [1.54, 1.807) is 0 Å². The molecule has 0 fully saturated rings.